The summed E-state index contributed by atoms with van der Waals surface area (Å²) in [6.45, 7) is 4.06. The lowest BCUT2D eigenvalue weighted by atomic mass is 10.2. The van der Waals surface area contributed by atoms with E-state index in [1.165, 1.54) is 10.9 Å². The number of carbonyl (C=O) groups is 2. The molecule has 0 saturated carbocycles. The van der Waals surface area contributed by atoms with Gasteiger partial charge in [0.25, 0.3) is 0 Å². The molecular formula is C20H22FN3O2S2. The molecule has 0 aliphatic carbocycles. The van der Waals surface area contributed by atoms with Crippen molar-refractivity contribution < 1.29 is 14.0 Å². The van der Waals surface area contributed by atoms with E-state index in [-0.39, 0.29) is 24.2 Å². The molecule has 4 rings (SSSR count). The van der Waals surface area contributed by atoms with Gasteiger partial charge >= 0.3 is 0 Å². The Kier molecular flexibility index (Phi) is 5.99. The largest absolute Gasteiger partial charge is 0.339 e. The molecule has 0 bridgehead atoms. The first-order valence-electron chi connectivity index (χ1n) is 9.29. The van der Waals surface area contributed by atoms with Crippen molar-refractivity contribution in [3.63, 3.8) is 0 Å². The van der Waals surface area contributed by atoms with Gasteiger partial charge in [-0.15, -0.1) is 23.1 Å². The molecule has 0 N–H and O–H groups in total. The van der Waals surface area contributed by atoms with Gasteiger partial charge in [0.1, 0.15) is 12.4 Å². The van der Waals surface area contributed by atoms with Gasteiger partial charge in [0, 0.05) is 42.5 Å². The zero-order valence-electron chi connectivity index (χ0n) is 15.5. The van der Waals surface area contributed by atoms with Gasteiger partial charge in [-0.2, -0.15) is 0 Å². The number of rotatable bonds is 5. The van der Waals surface area contributed by atoms with Gasteiger partial charge in [-0.1, -0.05) is 12.1 Å². The van der Waals surface area contributed by atoms with Crippen molar-refractivity contribution in [2.75, 3.05) is 44.4 Å². The van der Waals surface area contributed by atoms with Crippen LogP contribution in [0.5, 0.6) is 0 Å². The lowest BCUT2D eigenvalue weighted by Crippen LogP contribution is -2.51. The Labute approximate surface area is 172 Å². The van der Waals surface area contributed by atoms with Crippen LogP contribution in [0.1, 0.15) is 4.88 Å². The number of amides is 2. The molecule has 2 saturated heterocycles. The molecule has 2 amide bonds. The summed E-state index contributed by atoms with van der Waals surface area (Å²) < 4.78 is 13.4. The molecule has 2 fully saturated rings. The quantitative estimate of drug-likeness (QED) is 0.748. The van der Waals surface area contributed by atoms with Crippen LogP contribution in [-0.2, 0) is 16.1 Å². The summed E-state index contributed by atoms with van der Waals surface area (Å²) in [5.41, 5.74) is 0.904. The first-order chi connectivity index (χ1) is 13.6. The van der Waals surface area contributed by atoms with E-state index in [0.29, 0.717) is 24.7 Å². The number of piperazine rings is 1. The molecule has 1 aromatic carbocycles. The molecular weight excluding hydrogens is 397 g/mol. The molecule has 148 valence electrons. The summed E-state index contributed by atoms with van der Waals surface area (Å²) >= 11 is 3.24. The van der Waals surface area contributed by atoms with Crippen LogP contribution < -0.4 is 0 Å². The monoisotopic (exact) mass is 419 g/mol. The zero-order valence-corrected chi connectivity index (χ0v) is 17.1. The molecule has 28 heavy (non-hydrogen) atoms. The van der Waals surface area contributed by atoms with Crippen LogP contribution >= 0.6 is 23.1 Å². The van der Waals surface area contributed by atoms with E-state index in [4.69, 9.17) is 0 Å². The third-order valence-electron chi connectivity index (χ3n) is 5.03. The highest BCUT2D eigenvalue weighted by Gasteiger charge is 2.27. The minimum atomic E-state index is -0.220. The van der Waals surface area contributed by atoms with Gasteiger partial charge < -0.3 is 9.80 Å². The van der Waals surface area contributed by atoms with Gasteiger partial charge in [0.2, 0.25) is 11.8 Å². The van der Waals surface area contributed by atoms with Crippen molar-refractivity contribution in [2.24, 2.45) is 0 Å². The molecule has 5 nitrogen and oxygen atoms in total. The highest BCUT2D eigenvalue weighted by atomic mass is 32.2. The van der Waals surface area contributed by atoms with Crippen molar-refractivity contribution in [3.05, 3.63) is 47.1 Å². The van der Waals surface area contributed by atoms with Gasteiger partial charge in [-0.25, -0.2) is 4.39 Å². The van der Waals surface area contributed by atoms with Crippen molar-refractivity contribution in [3.8, 4) is 10.4 Å². The molecule has 0 unspecified atom stereocenters. The van der Waals surface area contributed by atoms with Crippen molar-refractivity contribution in [1.82, 2.24) is 14.7 Å². The van der Waals surface area contributed by atoms with Crippen LogP contribution in [0.3, 0.4) is 0 Å². The van der Waals surface area contributed by atoms with E-state index < -0.39 is 0 Å². The van der Waals surface area contributed by atoms with Crippen LogP contribution in [0, 0.1) is 5.82 Å². The van der Waals surface area contributed by atoms with E-state index in [2.05, 4.69) is 11.0 Å². The summed E-state index contributed by atoms with van der Waals surface area (Å²) in [4.78, 5) is 32.2. The molecule has 2 aromatic rings. The number of carbonyl (C=O) groups excluding carboxylic acids is 2. The van der Waals surface area contributed by atoms with E-state index >= 15 is 0 Å². The summed E-state index contributed by atoms with van der Waals surface area (Å²) in [5, 5.41) is 0. The second kappa shape index (κ2) is 8.63. The Morgan fingerprint density at radius 2 is 1.93 bits per heavy atom. The second-order valence-electron chi connectivity index (χ2n) is 7.00. The Morgan fingerprint density at radius 3 is 2.64 bits per heavy atom. The molecule has 8 heteroatoms. The summed E-state index contributed by atoms with van der Waals surface area (Å²) in [6, 6.07) is 10.8. The van der Waals surface area contributed by atoms with Crippen LogP contribution in [0.25, 0.3) is 10.4 Å². The van der Waals surface area contributed by atoms with Crippen molar-refractivity contribution >= 4 is 34.9 Å². The minimum absolute atomic E-state index is 0.0417. The third kappa shape index (κ3) is 4.56. The summed E-state index contributed by atoms with van der Waals surface area (Å²) in [5.74, 6) is 0.988. The fraction of sp³-hybridized carbons (Fsp3) is 0.400. The van der Waals surface area contributed by atoms with Crippen LogP contribution in [0.15, 0.2) is 36.4 Å². The van der Waals surface area contributed by atoms with Crippen molar-refractivity contribution in [2.45, 2.75) is 6.54 Å². The number of nitrogens with zero attached hydrogens (tertiary/aromatic N) is 3. The fourth-order valence-corrected chi connectivity index (χ4v) is 5.39. The molecule has 0 spiro atoms. The number of hydrogen-bond donors (Lipinski definition) is 0. The van der Waals surface area contributed by atoms with Crippen molar-refractivity contribution in [1.29, 1.82) is 0 Å². The van der Waals surface area contributed by atoms with Gasteiger partial charge in [-0.05, 0) is 29.8 Å². The Hall–Kier alpha value is -1.90. The minimum Gasteiger partial charge on any atom is -0.339 e. The standard InChI is InChI=1S/C20H22FN3O2S2/c21-16-3-1-2-15(10-16)18-5-4-17(28-18)11-22-6-8-23(9-7-22)19(25)12-24-14-27-13-20(24)26/h1-5,10H,6-9,11-14H2. The van der Waals surface area contributed by atoms with Gasteiger partial charge in [0.05, 0.1) is 11.6 Å². The average Bonchev–Trinajstić information content (AvgIpc) is 3.32. The van der Waals surface area contributed by atoms with E-state index in [1.54, 1.807) is 40.1 Å². The number of benzene rings is 1. The molecule has 1 aromatic heterocycles. The Bertz CT molecular complexity index is 865. The number of thioether (sulfide) groups is 1. The number of hydrogen-bond acceptors (Lipinski definition) is 5. The van der Waals surface area contributed by atoms with Crippen LogP contribution in [0.4, 0.5) is 4.39 Å². The fourth-order valence-electron chi connectivity index (χ4n) is 3.44. The van der Waals surface area contributed by atoms with Gasteiger partial charge in [-0.3, -0.25) is 14.5 Å². The summed E-state index contributed by atoms with van der Waals surface area (Å²) in [6.07, 6.45) is 0. The topological polar surface area (TPSA) is 43.9 Å². The second-order valence-corrected chi connectivity index (χ2v) is 9.13. The number of halogens is 1. The third-order valence-corrected chi connectivity index (χ3v) is 7.09. The number of thiophene rings is 1. The molecule has 3 heterocycles. The predicted octanol–water partition coefficient (Wildman–Crippen LogP) is 2.73. The smallest absolute Gasteiger partial charge is 0.242 e. The maximum Gasteiger partial charge on any atom is 0.242 e. The molecule has 2 aliphatic rings. The maximum atomic E-state index is 13.4. The van der Waals surface area contributed by atoms with Crippen LogP contribution in [-0.4, -0.2) is 70.9 Å². The Morgan fingerprint density at radius 1 is 1.11 bits per heavy atom. The van der Waals surface area contributed by atoms with Crippen LogP contribution in [0.2, 0.25) is 0 Å². The predicted molar refractivity (Wildman–Crippen MR) is 111 cm³/mol. The Balaban J connectivity index is 1.28. The molecule has 0 atom stereocenters. The zero-order chi connectivity index (χ0) is 19.5. The lowest BCUT2D eigenvalue weighted by molar-refractivity contribution is -0.139. The first kappa shape index (κ1) is 19.4. The molecule has 2 aliphatic heterocycles. The van der Waals surface area contributed by atoms with E-state index in [0.717, 1.165) is 30.1 Å². The average molecular weight is 420 g/mol. The SMILES string of the molecule is O=C(CN1CSCC1=O)N1CCN(Cc2ccc(-c3cccc(F)c3)s2)CC1. The summed E-state index contributed by atoms with van der Waals surface area (Å²) in [7, 11) is 0. The molecule has 0 radical (unpaired) electrons. The van der Waals surface area contributed by atoms with Gasteiger partial charge in [0.15, 0.2) is 0 Å². The normalized spacial score (nSPS) is 18.1. The highest BCUT2D eigenvalue weighted by molar-refractivity contribution is 8.00. The maximum absolute atomic E-state index is 13.4. The highest BCUT2D eigenvalue weighted by Crippen LogP contribution is 2.29. The first-order valence-corrected chi connectivity index (χ1v) is 11.3. The van der Waals surface area contributed by atoms with E-state index in [1.807, 2.05) is 17.0 Å². The lowest BCUT2D eigenvalue weighted by Gasteiger charge is -2.35. The van der Waals surface area contributed by atoms with E-state index in [9.17, 15) is 14.0 Å².